The number of carbonyl (C=O) groups excluding carboxylic acids is 1. The van der Waals surface area contributed by atoms with Crippen molar-refractivity contribution < 1.29 is 41.0 Å². The van der Waals surface area contributed by atoms with E-state index in [4.69, 9.17) is 25.7 Å². The molecule has 0 aromatic heterocycles. The predicted octanol–water partition coefficient (Wildman–Crippen LogP) is 6.61. The molecule has 1 saturated carbocycles. The molecule has 2 aromatic rings. The van der Waals surface area contributed by atoms with Gasteiger partial charge in [0, 0.05) is 18.2 Å². The summed E-state index contributed by atoms with van der Waals surface area (Å²) >= 11 is 0. The number of hydrogen-bond acceptors (Lipinski definition) is 6. The number of halogens is 5. The van der Waals surface area contributed by atoms with Gasteiger partial charge in [-0.3, -0.25) is 0 Å². The lowest BCUT2D eigenvalue weighted by Crippen LogP contribution is -2.37. The predicted molar refractivity (Wildman–Crippen MR) is 134 cm³/mol. The van der Waals surface area contributed by atoms with E-state index in [0.717, 1.165) is 0 Å². The number of carbonyl (C=O) groups is 1. The standard InChI is InChI=1S/C27H31F5N2O4/c28-26(29,30)14-13-19-1-6-20(7-2-19)27(31,32)38-22-9-3-18(4-10-22)5-12-25(35)37-16-15-36-24-11-8-21(33)17-23(24)34/h3-5,8-12,17,19-20H,1-2,6-7,13-16,33-34H2/b12-5+. The Hall–Kier alpha value is -3.50. The Morgan fingerprint density at radius 1 is 0.947 bits per heavy atom. The lowest BCUT2D eigenvalue weighted by Gasteiger charge is -2.33. The maximum absolute atomic E-state index is 14.6. The first-order valence-corrected chi connectivity index (χ1v) is 12.3. The third-order valence-electron chi connectivity index (χ3n) is 6.32. The Morgan fingerprint density at radius 3 is 2.26 bits per heavy atom. The van der Waals surface area contributed by atoms with Crippen LogP contribution in [0.3, 0.4) is 0 Å². The van der Waals surface area contributed by atoms with Crippen LogP contribution in [0.15, 0.2) is 48.5 Å². The van der Waals surface area contributed by atoms with Crippen LogP contribution in [0.1, 0.15) is 44.1 Å². The number of anilines is 2. The second-order valence-corrected chi connectivity index (χ2v) is 9.25. The van der Waals surface area contributed by atoms with Crippen LogP contribution in [-0.4, -0.2) is 31.5 Å². The highest BCUT2D eigenvalue weighted by Crippen LogP contribution is 2.42. The molecule has 0 amide bonds. The quantitative estimate of drug-likeness (QED) is 0.109. The summed E-state index contributed by atoms with van der Waals surface area (Å²) in [5.41, 5.74) is 12.8. The van der Waals surface area contributed by atoms with Crippen molar-refractivity contribution in [2.75, 3.05) is 24.7 Å². The molecule has 0 bridgehead atoms. The van der Waals surface area contributed by atoms with Crippen molar-refractivity contribution in [3.05, 3.63) is 54.1 Å². The van der Waals surface area contributed by atoms with Gasteiger partial charge in [0.15, 0.2) is 0 Å². The zero-order valence-corrected chi connectivity index (χ0v) is 20.7. The normalized spacial score (nSPS) is 18.3. The number of ether oxygens (including phenoxy) is 3. The lowest BCUT2D eigenvalue weighted by molar-refractivity contribution is -0.224. The number of hydrogen-bond donors (Lipinski definition) is 2. The third-order valence-corrected chi connectivity index (χ3v) is 6.32. The Labute approximate surface area is 217 Å². The molecule has 208 valence electrons. The largest absolute Gasteiger partial charge is 0.488 e. The minimum atomic E-state index is -4.23. The molecule has 0 atom stereocenters. The van der Waals surface area contributed by atoms with Crippen LogP contribution >= 0.6 is 0 Å². The maximum Gasteiger partial charge on any atom is 0.400 e. The molecule has 1 fully saturated rings. The van der Waals surface area contributed by atoms with Gasteiger partial charge in [-0.05, 0) is 80.0 Å². The average Bonchev–Trinajstić information content (AvgIpc) is 2.85. The van der Waals surface area contributed by atoms with E-state index in [1.54, 1.807) is 18.2 Å². The second-order valence-electron chi connectivity index (χ2n) is 9.25. The molecule has 0 radical (unpaired) electrons. The molecule has 0 spiro atoms. The molecule has 0 heterocycles. The van der Waals surface area contributed by atoms with Crippen LogP contribution in [0.25, 0.3) is 6.08 Å². The zero-order chi connectivity index (χ0) is 27.8. The summed E-state index contributed by atoms with van der Waals surface area (Å²) in [6.07, 6.45) is -5.07. The van der Waals surface area contributed by atoms with E-state index >= 15 is 0 Å². The number of nitrogens with two attached hydrogens (primary N) is 2. The van der Waals surface area contributed by atoms with Crippen LogP contribution in [0.5, 0.6) is 11.5 Å². The third kappa shape index (κ3) is 9.42. The van der Waals surface area contributed by atoms with Crippen molar-refractivity contribution in [3.8, 4) is 11.5 Å². The van der Waals surface area contributed by atoms with Crippen LogP contribution in [-0.2, 0) is 9.53 Å². The van der Waals surface area contributed by atoms with Crippen LogP contribution < -0.4 is 20.9 Å². The molecule has 4 N–H and O–H groups in total. The summed E-state index contributed by atoms with van der Waals surface area (Å²) in [6, 6.07) is 10.5. The summed E-state index contributed by atoms with van der Waals surface area (Å²) in [5.74, 6) is -1.49. The Morgan fingerprint density at radius 2 is 1.63 bits per heavy atom. The summed E-state index contributed by atoms with van der Waals surface area (Å²) < 4.78 is 81.9. The Bertz CT molecular complexity index is 1080. The molecule has 1 aliphatic rings. The molecular weight excluding hydrogens is 511 g/mol. The number of rotatable bonds is 11. The monoisotopic (exact) mass is 542 g/mol. The van der Waals surface area contributed by atoms with E-state index in [-0.39, 0.29) is 44.1 Å². The molecule has 6 nitrogen and oxygen atoms in total. The summed E-state index contributed by atoms with van der Waals surface area (Å²) in [5, 5.41) is 0. The fourth-order valence-electron chi connectivity index (χ4n) is 4.25. The van der Waals surface area contributed by atoms with E-state index < -0.39 is 30.6 Å². The smallest absolute Gasteiger partial charge is 0.400 e. The van der Waals surface area contributed by atoms with Crippen LogP contribution in [0.2, 0.25) is 0 Å². The molecule has 0 unspecified atom stereocenters. The maximum atomic E-state index is 14.6. The minimum absolute atomic E-state index is 0.0148. The average molecular weight is 543 g/mol. The summed E-state index contributed by atoms with van der Waals surface area (Å²) in [6.45, 7) is 0.0717. The molecule has 1 aliphatic carbocycles. The van der Waals surface area contributed by atoms with Gasteiger partial charge in [0.25, 0.3) is 0 Å². The van der Waals surface area contributed by atoms with Crippen molar-refractivity contribution in [2.24, 2.45) is 11.8 Å². The molecule has 3 rings (SSSR count). The zero-order valence-electron chi connectivity index (χ0n) is 20.7. The van der Waals surface area contributed by atoms with Gasteiger partial charge < -0.3 is 25.7 Å². The highest BCUT2D eigenvalue weighted by atomic mass is 19.4. The second kappa shape index (κ2) is 12.8. The van der Waals surface area contributed by atoms with Gasteiger partial charge in [-0.25, -0.2) is 4.79 Å². The Kier molecular flexibility index (Phi) is 9.82. The van der Waals surface area contributed by atoms with Crippen LogP contribution in [0.4, 0.5) is 33.3 Å². The van der Waals surface area contributed by atoms with Gasteiger partial charge in [-0.2, -0.15) is 22.0 Å². The molecular formula is C27H31F5N2O4. The SMILES string of the molecule is Nc1ccc(OCCOC(=O)/C=C/c2ccc(OC(F)(F)C3CCC(CCC(F)(F)F)CC3)cc2)c(N)c1. The first-order chi connectivity index (χ1) is 17.9. The number of nitrogen functional groups attached to an aromatic ring is 2. The molecule has 38 heavy (non-hydrogen) atoms. The number of esters is 1. The van der Waals surface area contributed by atoms with E-state index in [1.807, 2.05) is 0 Å². The van der Waals surface area contributed by atoms with Gasteiger partial charge in [0.2, 0.25) is 0 Å². The highest BCUT2D eigenvalue weighted by Gasteiger charge is 2.44. The van der Waals surface area contributed by atoms with Crippen LogP contribution in [0, 0.1) is 11.8 Å². The molecule has 0 saturated heterocycles. The van der Waals surface area contributed by atoms with Gasteiger partial charge in [-0.1, -0.05) is 12.1 Å². The fourth-order valence-corrected chi connectivity index (χ4v) is 4.25. The van der Waals surface area contributed by atoms with Gasteiger partial charge >= 0.3 is 18.3 Å². The highest BCUT2D eigenvalue weighted by molar-refractivity contribution is 5.87. The Balaban J connectivity index is 1.39. The summed E-state index contributed by atoms with van der Waals surface area (Å²) in [7, 11) is 0. The van der Waals surface area contributed by atoms with Crippen molar-refractivity contribution >= 4 is 23.4 Å². The minimum Gasteiger partial charge on any atom is -0.488 e. The molecule has 0 aliphatic heterocycles. The topological polar surface area (TPSA) is 96.8 Å². The first kappa shape index (κ1) is 29.1. The number of alkyl halides is 5. The van der Waals surface area contributed by atoms with Crippen molar-refractivity contribution in [3.63, 3.8) is 0 Å². The summed E-state index contributed by atoms with van der Waals surface area (Å²) in [4.78, 5) is 11.9. The van der Waals surface area contributed by atoms with E-state index in [9.17, 15) is 26.7 Å². The molecule has 11 heteroatoms. The van der Waals surface area contributed by atoms with Crippen molar-refractivity contribution in [2.45, 2.75) is 50.8 Å². The lowest BCUT2D eigenvalue weighted by atomic mass is 9.79. The van der Waals surface area contributed by atoms with Gasteiger partial charge in [0.05, 0.1) is 11.6 Å². The molecule has 2 aromatic carbocycles. The van der Waals surface area contributed by atoms with E-state index in [2.05, 4.69) is 0 Å². The van der Waals surface area contributed by atoms with Crippen molar-refractivity contribution in [1.82, 2.24) is 0 Å². The van der Waals surface area contributed by atoms with E-state index in [1.165, 1.54) is 36.4 Å². The van der Waals surface area contributed by atoms with Crippen molar-refractivity contribution in [1.29, 1.82) is 0 Å². The van der Waals surface area contributed by atoms with Gasteiger partial charge in [0.1, 0.15) is 24.7 Å². The number of benzene rings is 2. The fraction of sp³-hybridized carbons (Fsp3) is 0.444. The van der Waals surface area contributed by atoms with Gasteiger partial charge in [-0.15, -0.1) is 0 Å². The van der Waals surface area contributed by atoms with E-state index in [0.29, 0.717) is 35.5 Å². The first-order valence-electron chi connectivity index (χ1n) is 12.3.